The normalized spacial score (nSPS) is 17.3. The summed E-state index contributed by atoms with van der Waals surface area (Å²) in [6.45, 7) is 2.80. The van der Waals surface area contributed by atoms with E-state index in [-0.39, 0.29) is 23.6 Å². The summed E-state index contributed by atoms with van der Waals surface area (Å²) in [7, 11) is 0. The molecule has 34 heavy (non-hydrogen) atoms. The van der Waals surface area contributed by atoms with Gasteiger partial charge in [-0.15, -0.1) is 0 Å². The van der Waals surface area contributed by atoms with E-state index in [0.29, 0.717) is 29.2 Å². The van der Waals surface area contributed by atoms with E-state index >= 15 is 0 Å². The summed E-state index contributed by atoms with van der Waals surface area (Å²) in [5, 5.41) is 20.9. The molecule has 0 saturated carbocycles. The van der Waals surface area contributed by atoms with E-state index in [1.807, 2.05) is 0 Å². The number of phenolic OH excluding ortho intramolecular Hbond substituents is 1. The summed E-state index contributed by atoms with van der Waals surface area (Å²) in [6.07, 6.45) is 4.65. The molecule has 1 unspecified atom stereocenters. The van der Waals surface area contributed by atoms with Crippen molar-refractivity contribution in [2.45, 2.75) is 38.8 Å². The third kappa shape index (κ3) is 4.83. The zero-order valence-electron chi connectivity index (χ0n) is 18.9. The number of likely N-dealkylation sites (tertiary alicyclic amines) is 1. The fourth-order valence-electron chi connectivity index (χ4n) is 4.02. The van der Waals surface area contributed by atoms with Gasteiger partial charge in [0.15, 0.2) is 0 Å². The van der Waals surface area contributed by atoms with Gasteiger partial charge in [0, 0.05) is 5.56 Å². The fourth-order valence-corrected chi connectivity index (χ4v) is 4.02. The van der Waals surface area contributed by atoms with Crippen LogP contribution in [0.5, 0.6) is 11.5 Å². The number of unbranched alkanes of at least 4 members (excludes halogenated alkanes) is 2. The number of carbonyl (C=O) groups excluding carboxylic acids is 2. The third-order valence-electron chi connectivity index (χ3n) is 5.80. The van der Waals surface area contributed by atoms with E-state index in [1.54, 1.807) is 48.5 Å². The Morgan fingerprint density at radius 1 is 1.03 bits per heavy atom. The number of Topliss-reactive ketones (excluding diaryl/α,β-unsaturated/α-hetero) is 1. The SMILES string of the molecule is CCCCCOc1ccc(/C(O)=C2/C(=O)C(=O)N(Cc3ccco3)C2c2ccc(O)cc2)cc1. The number of benzene rings is 2. The number of furan rings is 1. The summed E-state index contributed by atoms with van der Waals surface area (Å²) in [4.78, 5) is 27.4. The van der Waals surface area contributed by atoms with Crippen LogP contribution in [-0.2, 0) is 16.1 Å². The number of hydrogen-bond acceptors (Lipinski definition) is 6. The van der Waals surface area contributed by atoms with Crippen molar-refractivity contribution < 1.29 is 29.0 Å². The molecule has 0 bridgehead atoms. The van der Waals surface area contributed by atoms with E-state index in [1.165, 1.54) is 23.3 Å². The molecule has 1 aliphatic rings. The number of ether oxygens (including phenoxy) is 1. The van der Waals surface area contributed by atoms with E-state index in [4.69, 9.17) is 9.15 Å². The first kappa shape index (κ1) is 23.2. The van der Waals surface area contributed by atoms with Gasteiger partial charge in [0.25, 0.3) is 11.7 Å². The Balaban J connectivity index is 1.69. The monoisotopic (exact) mass is 461 g/mol. The lowest BCUT2D eigenvalue weighted by molar-refractivity contribution is -0.140. The van der Waals surface area contributed by atoms with Gasteiger partial charge in [-0.1, -0.05) is 31.9 Å². The Bertz CT molecular complexity index is 1160. The van der Waals surface area contributed by atoms with E-state index in [0.717, 1.165) is 19.3 Å². The maximum absolute atomic E-state index is 13.1. The van der Waals surface area contributed by atoms with E-state index < -0.39 is 17.7 Å². The van der Waals surface area contributed by atoms with Crippen molar-refractivity contribution in [1.82, 2.24) is 4.90 Å². The lowest BCUT2D eigenvalue weighted by Gasteiger charge is -2.24. The molecular formula is C27H27NO6. The zero-order chi connectivity index (χ0) is 24.1. The van der Waals surface area contributed by atoms with Gasteiger partial charge in [-0.2, -0.15) is 0 Å². The topological polar surface area (TPSA) is 100 Å². The van der Waals surface area contributed by atoms with Gasteiger partial charge in [-0.25, -0.2) is 0 Å². The Morgan fingerprint density at radius 3 is 2.41 bits per heavy atom. The standard InChI is InChI=1S/C27H27NO6/c1-2-3-4-15-33-21-13-9-19(10-14-21)25(30)23-24(18-7-11-20(29)12-8-18)28(27(32)26(23)31)17-22-6-5-16-34-22/h5-14,16,24,29-30H,2-4,15,17H2,1H3/b25-23-. The predicted molar refractivity (Wildman–Crippen MR) is 126 cm³/mol. The minimum absolute atomic E-state index is 0.0149. The average Bonchev–Trinajstić information content (AvgIpc) is 3.45. The van der Waals surface area contributed by atoms with Crippen molar-refractivity contribution in [2.24, 2.45) is 0 Å². The van der Waals surface area contributed by atoms with Gasteiger partial charge < -0.3 is 24.3 Å². The second-order valence-corrected chi connectivity index (χ2v) is 8.18. The molecular weight excluding hydrogens is 434 g/mol. The first-order valence-electron chi connectivity index (χ1n) is 11.3. The van der Waals surface area contributed by atoms with E-state index in [2.05, 4.69) is 6.92 Å². The van der Waals surface area contributed by atoms with Crippen LogP contribution in [0.2, 0.25) is 0 Å². The Kier molecular flexibility index (Phi) is 7.01. The van der Waals surface area contributed by atoms with Crippen LogP contribution >= 0.6 is 0 Å². The van der Waals surface area contributed by atoms with Gasteiger partial charge in [0.1, 0.15) is 23.0 Å². The molecule has 2 N–H and O–H groups in total. The first-order chi connectivity index (χ1) is 16.5. The molecule has 0 aliphatic carbocycles. The molecule has 2 heterocycles. The number of phenols is 1. The molecule has 176 valence electrons. The quantitative estimate of drug-likeness (QED) is 0.197. The highest BCUT2D eigenvalue weighted by atomic mass is 16.5. The predicted octanol–water partition coefficient (Wildman–Crippen LogP) is 5.18. The molecule has 1 atom stereocenters. The molecule has 7 heteroatoms. The molecule has 4 rings (SSSR count). The van der Waals surface area contributed by atoms with Crippen LogP contribution in [0, 0.1) is 0 Å². The third-order valence-corrected chi connectivity index (χ3v) is 5.80. The van der Waals surface area contributed by atoms with Crippen LogP contribution < -0.4 is 4.74 Å². The maximum Gasteiger partial charge on any atom is 0.296 e. The molecule has 3 aromatic rings. The summed E-state index contributed by atoms with van der Waals surface area (Å²) >= 11 is 0. The minimum Gasteiger partial charge on any atom is -0.508 e. The largest absolute Gasteiger partial charge is 0.508 e. The number of hydrogen-bond donors (Lipinski definition) is 2. The van der Waals surface area contributed by atoms with Crippen molar-refractivity contribution in [1.29, 1.82) is 0 Å². The van der Waals surface area contributed by atoms with Crippen molar-refractivity contribution in [3.05, 3.63) is 89.4 Å². The second-order valence-electron chi connectivity index (χ2n) is 8.18. The molecule has 1 amide bonds. The van der Waals surface area contributed by atoms with E-state index in [9.17, 15) is 19.8 Å². The zero-order valence-corrected chi connectivity index (χ0v) is 18.9. The van der Waals surface area contributed by atoms with Crippen LogP contribution in [0.3, 0.4) is 0 Å². The Morgan fingerprint density at radius 2 is 1.76 bits per heavy atom. The molecule has 2 aromatic carbocycles. The van der Waals surface area contributed by atoms with Gasteiger partial charge in [-0.05, 0) is 60.5 Å². The smallest absolute Gasteiger partial charge is 0.296 e. The Hall–Kier alpha value is -4.00. The van der Waals surface area contributed by atoms with Crippen LogP contribution in [0.4, 0.5) is 0 Å². The second kappa shape index (κ2) is 10.3. The maximum atomic E-state index is 13.1. The summed E-state index contributed by atoms with van der Waals surface area (Å²) in [5.74, 6) is -0.539. The van der Waals surface area contributed by atoms with Crippen LogP contribution in [-0.4, -0.2) is 33.4 Å². The highest BCUT2D eigenvalue weighted by Crippen LogP contribution is 2.40. The molecule has 1 saturated heterocycles. The fraction of sp³-hybridized carbons (Fsp3) is 0.259. The number of aromatic hydroxyl groups is 1. The molecule has 0 radical (unpaired) electrons. The molecule has 1 fully saturated rings. The van der Waals surface area contributed by atoms with Gasteiger partial charge >= 0.3 is 0 Å². The number of carbonyl (C=O) groups is 2. The van der Waals surface area contributed by atoms with Crippen molar-refractivity contribution in [2.75, 3.05) is 6.61 Å². The number of aliphatic hydroxyl groups is 1. The number of rotatable bonds is 9. The summed E-state index contributed by atoms with van der Waals surface area (Å²) in [5.41, 5.74) is 0.973. The number of ketones is 1. The highest BCUT2D eigenvalue weighted by molar-refractivity contribution is 6.46. The number of nitrogens with zero attached hydrogens (tertiary/aromatic N) is 1. The van der Waals surface area contributed by atoms with Gasteiger partial charge in [-0.3, -0.25) is 9.59 Å². The van der Waals surface area contributed by atoms with Gasteiger partial charge in [0.2, 0.25) is 0 Å². The average molecular weight is 462 g/mol. The lowest BCUT2D eigenvalue weighted by atomic mass is 9.95. The van der Waals surface area contributed by atoms with Crippen LogP contribution in [0.25, 0.3) is 5.76 Å². The summed E-state index contributed by atoms with van der Waals surface area (Å²) < 4.78 is 11.1. The van der Waals surface area contributed by atoms with Crippen molar-refractivity contribution >= 4 is 17.4 Å². The molecule has 0 spiro atoms. The molecule has 1 aliphatic heterocycles. The molecule has 1 aromatic heterocycles. The Labute approximate surface area is 197 Å². The van der Waals surface area contributed by atoms with Crippen LogP contribution in [0.1, 0.15) is 49.1 Å². The lowest BCUT2D eigenvalue weighted by Crippen LogP contribution is -2.29. The van der Waals surface area contributed by atoms with Crippen molar-refractivity contribution in [3.63, 3.8) is 0 Å². The first-order valence-corrected chi connectivity index (χ1v) is 11.3. The minimum atomic E-state index is -0.837. The summed E-state index contributed by atoms with van der Waals surface area (Å²) in [6, 6.07) is 15.6. The highest BCUT2D eigenvalue weighted by Gasteiger charge is 2.46. The van der Waals surface area contributed by atoms with Gasteiger partial charge in [0.05, 0.1) is 31.0 Å². The van der Waals surface area contributed by atoms with Crippen molar-refractivity contribution in [3.8, 4) is 11.5 Å². The van der Waals surface area contributed by atoms with Crippen LogP contribution in [0.15, 0.2) is 76.9 Å². The molecule has 7 nitrogen and oxygen atoms in total. The number of aliphatic hydroxyl groups excluding tert-OH is 1. The number of amides is 1.